The van der Waals surface area contributed by atoms with Gasteiger partial charge in [0.15, 0.2) is 0 Å². The van der Waals surface area contributed by atoms with Crippen molar-refractivity contribution in [1.29, 1.82) is 0 Å². The molecule has 0 N–H and O–H groups in total. The molecule has 7 nitrogen and oxygen atoms in total. The molecule has 0 aliphatic rings. The second-order valence-electron chi connectivity index (χ2n) is 5.57. The van der Waals surface area contributed by atoms with Gasteiger partial charge in [0.1, 0.15) is 26.5 Å². The SMILES string of the molecule is O=C(Oc1ccc(OC(=O)c2ccccc2)c(S(=O)(=O)[O-])c1)c1ccccc1.[K+]. The van der Waals surface area contributed by atoms with Gasteiger partial charge in [0.25, 0.3) is 0 Å². The van der Waals surface area contributed by atoms with Crippen LogP contribution in [0.3, 0.4) is 0 Å². The van der Waals surface area contributed by atoms with Gasteiger partial charge in [-0.3, -0.25) is 0 Å². The number of ether oxygens (including phenoxy) is 2. The van der Waals surface area contributed by atoms with Gasteiger partial charge in [-0.05, 0) is 36.4 Å². The Morgan fingerprint density at radius 3 is 1.69 bits per heavy atom. The first kappa shape index (κ1) is 23.4. The Kier molecular flexibility index (Phi) is 8.29. The molecule has 0 aliphatic heterocycles. The molecule has 0 atom stereocenters. The summed E-state index contributed by atoms with van der Waals surface area (Å²) in [4.78, 5) is 23.4. The average molecular weight is 436 g/mol. The van der Waals surface area contributed by atoms with Crippen molar-refractivity contribution in [3.05, 3.63) is 90.0 Å². The Bertz CT molecular complexity index is 1110. The molecule has 0 aliphatic carbocycles. The van der Waals surface area contributed by atoms with Crippen molar-refractivity contribution in [3.8, 4) is 11.5 Å². The van der Waals surface area contributed by atoms with E-state index in [1.165, 1.54) is 30.3 Å². The molecule has 0 bridgehead atoms. The van der Waals surface area contributed by atoms with Crippen molar-refractivity contribution < 1.29 is 83.4 Å². The van der Waals surface area contributed by atoms with Crippen LogP contribution in [0.4, 0.5) is 0 Å². The predicted molar refractivity (Wildman–Crippen MR) is 97.2 cm³/mol. The maximum absolute atomic E-state index is 12.1. The first-order valence-corrected chi connectivity index (χ1v) is 9.40. The van der Waals surface area contributed by atoms with E-state index < -0.39 is 32.7 Å². The molecular weight excluding hydrogens is 423 g/mol. The Labute approximate surface area is 209 Å². The number of carbonyl (C=O) groups excluding carboxylic acids is 2. The zero-order valence-electron chi connectivity index (χ0n) is 15.3. The van der Waals surface area contributed by atoms with Crippen molar-refractivity contribution in [2.45, 2.75) is 4.90 Å². The predicted octanol–water partition coefficient (Wildman–Crippen LogP) is 0.0331. The zero-order valence-corrected chi connectivity index (χ0v) is 19.2. The molecule has 0 heterocycles. The molecule has 9 heteroatoms. The van der Waals surface area contributed by atoms with Crippen LogP contribution < -0.4 is 60.9 Å². The summed E-state index contributed by atoms with van der Waals surface area (Å²) in [5.74, 6) is -2.20. The Hall–Kier alpha value is -1.85. The topological polar surface area (TPSA) is 110 Å². The van der Waals surface area contributed by atoms with E-state index in [9.17, 15) is 22.6 Å². The summed E-state index contributed by atoms with van der Waals surface area (Å²) in [6.07, 6.45) is 0. The minimum atomic E-state index is -5.00. The van der Waals surface area contributed by atoms with Gasteiger partial charge in [0, 0.05) is 6.07 Å². The third kappa shape index (κ3) is 6.31. The first-order valence-electron chi connectivity index (χ1n) is 7.99. The molecule has 3 aromatic carbocycles. The van der Waals surface area contributed by atoms with Crippen molar-refractivity contribution >= 4 is 22.1 Å². The van der Waals surface area contributed by atoms with Crippen molar-refractivity contribution in [2.75, 3.05) is 0 Å². The number of esters is 2. The second-order valence-corrected chi connectivity index (χ2v) is 6.92. The van der Waals surface area contributed by atoms with E-state index in [1.54, 1.807) is 36.4 Å². The molecule has 0 aromatic heterocycles. The average Bonchev–Trinajstić information content (AvgIpc) is 2.69. The van der Waals surface area contributed by atoms with Gasteiger partial charge >= 0.3 is 63.3 Å². The van der Waals surface area contributed by atoms with Gasteiger partial charge in [0.2, 0.25) is 0 Å². The first-order chi connectivity index (χ1) is 13.3. The van der Waals surface area contributed by atoms with Gasteiger partial charge in [-0.2, -0.15) is 0 Å². The molecule has 142 valence electrons. The van der Waals surface area contributed by atoms with Crippen molar-refractivity contribution in [3.63, 3.8) is 0 Å². The van der Waals surface area contributed by atoms with E-state index >= 15 is 0 Å². The Morgan fingerprint density at radius 2 is 1.21 bits per heavy atom. The van der Waals surface area contributed by atoms with E-state index in [2.05, 4.69) is 0 Å². The smallest absolute Gasteiger partial charge is 0.744 e. The summed E-state index contributed by atoms with van der Waals surface area (Å²) in [5, 5.41) is 0. The van der Waals surface area contributed by atoms with E-state index in [4.69, 9.17) is 9.47 Å². The maximum Gasteiger partial charge on any atom is 1.00 e. The van der Waals surface area contributed by atoms with Crippen LogP contribution in [0, 0.1) is 0 Å². The maximum atomic E-state index is 12.1. The van der Waals surface area contributed by atoms with Crippen LogP contribution in [0.2, 0.25) is 0 Å². The van der Waals surface area contributed by atoms with Gasteiger partial charge in [-0.25, -0.2) is 18.0 Å². The van der Waals surface area contributed by atoms with Crippen molar-refractivity contribution in [2.24, 2.45) is 0 Å². The third-order valence-corrected chi connectivity index (χ3v) is 4.47. The van der Waals surface area contributed by atoms with E-state index in [0.717, 1.165) is 12.1 Å². The van der Waals surface area contributed by atoms with Gasteiger partial charge in [-0.1, -0.05) is 36.4 Å². The van der Waals surface area contributed by atoms with Crippen LogP contribution >= 0.6 is 0 Å². The molecule has 0 spiro atoms. The summed E-state index contributed by atoms with van der Waals surface area (Å²) >= 11 is 0. The van der Waals surface area contributed by atoms with Gasteiger partial charge < -0.3 is 14.0 Å². The van der Waals surface area contributed by atoms with Gasteiger partial charge in [0.05, 0.1) is 11.1 Å². The summed E-state index contributed by atoms with van der Waals surface area (Å²) in [6.45, 7) is 0. The van der Waals surface area contributed by atoms with Crippen LogP contribution in [0.5, 0.6) is 11.5 Å². The van der Waals surface area contributed by atoms with E-state index in [1.807, 2.05) is 0 Å². The van der Waals surface area contributed by atoms with Gasteiger partial charge in [-0.15, -0.1) is 0 Å². The molecule has 0 saturated carbocycles. The number of benzene rings is 3. The van der Waals surface area contributed by atoms with E-state index in [0.29, 0.717) is 0 Å². The van der Waals surface area contributed by atoms with Crippen LogP contribution in [0.1, 0.15) is 20.7 Å². The fourth-order valence-electron chi connectivity index (χ4n) is 2.30. The van der Waals surface area contributed by atoms with Crippen LogP contribution in [0.15, 0.2) is 83.8 Å². The second kappa shape index (κ2) is 10.3. The van der Waals surface area contributed by atoms with Crippen molar-refractivity contribution in [1.82, 2.24) is 0 Å². The minimum absolute atomic E-state index is 0. The molecule has 0 radical (unpaired) electrons. The molecule has 3 rings (SSSR count). The standard InChI is InChI=1S/C20H14O7S.K/c21-19(14-7-3-1-4-8-14)26-16-11-12-17(18(13-16)28(23,24)25)27-20(22)15-9-5-2-6-10-15;/h1-13H,(H,23,24,25);/q;+1/p-1. The van der Waals surface area contributed by atoms with Crippen LogP contribution in [-0.4, -0.2) is 24.9 Å². The zero-order chi connectivity index (χ0) is 20.1. The summed E-state index contributed by atoms with van der Waals surface area (Å²) in [6, 6.07) is 19.0. The molecule has 29 heavy (non-hydrogen) atoms. The fourth-order valence-corrected chi connectivity index (χ4v) is 2.92. The molecule has 0 fully saturated rings. The summed E-state index contributed by atoms with van der Waals surface area (Å²) in [5.41, 5.74) is 0.421. The largest absolute Gasteiger partial charge is 1.00 e. The fraction of sp³-hybridized carbons (Fsp3) is 0. The molecule has 0 saturated heterocycles. The summed E-state index contributed by atoms with van der Waals surface area (Å²) < 4.78 is 44.9. The molecule has 3 aromatic rings. The minimum Gasteiger partial charge on any atom is -0.744 e. The molecule has 0 amide bonds. The number of hydrogen-bond donors (Lipinski definition) is 0. The summed E-state index contributed by atoms with van der Waals surface area (Å²) in [7, 11) is -5.00. The number of hydrogen-bond acceptors (Lipinski definition) is 7. The molecular formula is C20H13KO7S. The normalized spacial score (nSPS) is 10.5. The Balaban J connectivity index is 0.00000300. The monoisotopic (exact) mass is 436 g/mol. The van der Waals surface area contributed by atoms with Crippen LogP contribution in [-0.2, 0) is 10.1 Å². The van der Waals surface area contributed by atoms with E-state index in [-0.39, 0.29) is 68.3 Å². The quantitative estimate of drug-likeness (QED) is 0.240. The third-order valence-electron chi connectivity index (χ3n) is 3.62. The number of rotatable bonds is 5. The number of carbonyl (C=O) groups is 2. The molecule has 0 unspecified atom stereocenters. The Morgan fingerprint density at radius 1 is 0.724 bits per heavy atom. The van der Waals surface area contributed by atoms with Crippen LogP contribution in [0.25, 0.3) is 0 Å².